The summed E-state index contributed by atoms with van der Waals surface area (Å²) < 4.78 is 228. The molecule has 0 bridgehead atoms. The Balaban J connectivity index is 3.03. The van der Waals surface area contributed by atoms with Crippen LogP contribution >= 0.6 is 0 Å². The SMILES string of the molecule is FC1=C(F)N(C2(F)C(F)(F)C(F)(F)C(F)(F)C(F)(F)C2(F)F)C(F)(F)C(F)=C1F. The maximum atomic E-state index is 14.5. The van der Waals surface area contributed by atoms with Gasteiger partial charge in [-0.3, -0.25) is 0 Å². The van der Waals surface area contributed by atoms with Gasteiger partial charge in [-0.15, -0.1) is 0 Å². The van der Waals surface area contributed by atoms with Crippen molar-refractivity contribution >= 4 is 0 Å². The molecule has 1 saturated carbocycles. The minimum atomic E-state index is -8.08. The predicted molar refractivity (Wildman–Crippen MR) is 53.8 cm³/mol. The molecule has 0 atom stereocenters. The normalized spacial score (nSPS) is 31.1. The van der Waals surface area contributed by atoms with Crippen molar-refractivity contribution in [3.8, 4) is 0 Å². The molecule has 0 N–H and O–H groups in total. The second kappa shape index (κ2) is 5.41. The van der Waals surface area contributed by atoms with Crippen LogP contribution in [-0.4, -0.2) is 46.4 Å². The molecule has 1 heterocycles. The van der Waals surface area contributed by atoms with Gasteiger partial charge in [0.15, 0.2) is 0 Å². The molecule has 0 aromatic heterocycles. The van der Waals surface area contributed by atoms with E-state index in [0.29, 0.717) is 0 Å². The van der Waals surface area contributed by atoms with Gasteiger partial charge in [-0.05, 0) is 0 Å². The fourth-order valence-corrected chi connectivity index (χ4v) is 2.45. The van der Waals surface area contributed by atoms with Gasteiger partial charge in [-0.25, -0.2) is 13.7 Å². The average molecular weight is 469 g/mol. The first-order valence-corrected chi connectivity index (χ1v) is 6.38. The Morgan fingerprint density at radius 3 is 1.10 bits per heavy atom. The van der Waals surface area contributed by atoms with Gasteiger partial charge in [0, 0.05) is 0 Å². The molecule has 1 aliphatic heterocycles. The van der Waals surface area contributed by atoms with E-state index >= 15 is 0 Å². The van der Waals surface area contributed by atoms with Crippen LogP contribution in [0.2, 0.25) is 0 Å². The highest BCUT2D eigenvalue weighted by molar-refractivity contribution is 5.37. The van der Waals surface area contributed by atoms with Crippen molar-refractivity contribution in [1.82, 2.24) is 4.90 Å². The topological polar surface area (TPSA) is 3.24 Å². The summed E-state index contributed by atoms with van der Waals surface area (Å²) in [6.07, 6.45) is 0. The van der Waals surface area contributed by atoms with Crippen molar-refractivity contribution in [3.63, 3.8) is 0 Å². The van der Waals surface area contributed by atoms with Crippen LogP contribution in [-0.2, 0) is 0 Å². The Labute approximate surface area is 146 Å². The molecule has 168 valence electrons. The Kier molecular flexibility index (Phi) is 4.36. The van der Waals surface area contributed by atoms with Crippen LogP contribution < -0.4 is 0 Å². The highest BCUT2D eigenvalue weighted by atomic mass is 19.4. The van der Waals surface area contributed by atoms with E-state index in [9.17, 15) is 74.6 Å². The quantitative estimate of drug-likeness (QED) is 0.336. The standard InChI is InChI=1S/C11F17N/c12-1-2(13)4(15)29(5(16,17)3(1)14)11(28)9(24,25)7(20,21)6(18,19)8(22,23)10(11,26)27. The first-order chi connectivity index (χ1) is 12.5. The molecule has 0 aromatic carbocycles. The van der Waals surface area contributed by atoms with Gasteiger partial charge in [0.05, 0.1) is 0 Å². The molecule has 0 amide bonds. The van der Waals surface area contributed by atoms with E-state index in [0.717, 1.165) is 0 Å². The van der Waals surface area contributed by atoms with E-state index in [1.54, 1.807) is 0 Å². The lowest BCUT2D eigenvalue weighted by atomic mass is 9.75. The van der Waals surface area contributed by atoms with Gasteiger partial charge in [0.1, 0.15) is 0 Å². The first-order valence-electron chi connectivity index (χ1n) is 6.38. The Hall–Kier alpha value is -1.91. The minimum Gasteiger partial charge on any atom is -0.236 e. The van der Waals surface area contributed by atoms with Crippen LogP contribution in [0.15, 0.2) is 23.4 Å². The smallest absolute Gasteiger partial charge is 0.236 e. The number of hydrogen-bond donors (Lipinski definition) is 0. The van der Waals surface area contributed by atoms with Crippen LogP contribution in [0.4, 0.5) is 74.6 Å². The summed E-state index contributed by atoms with van der Waals surface area (Å²) in [4.78, 5) is -3.61. The molecular weight excluding hydrogens is 469 g/mol. The van der Waals surface area contributed by atoms with Crippen LogP contribution in [0.25, 0.3) is 0 Å². The fourth-order valence-electron chi connectivity index (χ4n) is 2.45. The maximum absolute atomic E-state index is 14.5. The maximum Gasteiger partial charge on any atom is 0.386 e. The molecule has 0 aromatic rings. The van der Waals surface area contributed by atoms with Crippen LogP contribution in [0, 0.1) is 0 Å². The third-order valence-electron chi connectivity index (χ3n) is 4.03. The second-order valence-corrected chi connectivity index (χ2v) is 5.60. The molecular formula is C11F17N. The number of allylic oxidation sites excluding steroid dienone is 2. The number of rotatable bonds is 1. The molecule has 29 heavy (non-hydrogen) atoms. The van der Waals surface area contributed by atoms with E-state index in [-0.39, 0.29) is 0 Å². The number of hydrogen-bond acceptors (Lipinski definition) is 1. The molecule has 1 nitrogen and oxygen atoms in total. The Morgan fingerprint density at radius 1 is 0.448 bits per heavy atom. The minimum absolute atomic E-state index is 3.61. The van der Waals surface area contributed by atoms with Crippen molar-refractivity contribution in [2.45, 2.75) is 41.5 Å². The number of nitrogens with zero attached hydrogens (tertiary/aromatic N) is 1. The summed E-state index contributed by atoms with van der Waals surface area (Å²) in [5.41, 5.74) is 0. The summed E-state index contributed by atoms with van der Waals surface area (Å²) in [6.45, 7) is 0. The van der Waals surface area contributed by atoms with Gasteiger partial charge < -0.3 is 0 Å². The third-order valence-corrected chi connectivity index (χ3v) is 4.03. The summed E-state index contributed by atoms with van der Waals surface area (Å²) in [6, 6.07) is -6.93. The molecule has 1 fully saturated rings. The molecule has 2 aliphatic rings. The van der Waals surface area contributed by atoms with Crippen molar-refractivity contribution in [2.75, 3.05) is 0 Å². The number of halogens is 17. The van der Waals surface area contributed by atoms with Crippen molar-refractivity contribution in [3.05, 3.63) is 23.4 Å². The van der Waals surface area contributed by atoms with Gasteiger partial charge in [-0.1, -0.05) is 0 Å². The molecule has 0 spiro atoms. The fraction of sp³-hybridized carbons (Fsp3) is 0.636. The van der Waals surface area contributed by atoms with Gasteiger partial charge in [-0.2, -0.15) is 65.9 Å². The highest BCUT2D eigenvalue weighted by Gasteiger charge is 3.03. The van der Waals surface area contributed by atoms with Crippen molar-refractivity contribution in [2.24, 2.45) is 0 Å². The van der Waals surface area contributed by atoms with Gasteiger partial charge >= 0.3 is 41.5 Å². The van der Waals surface area contributed by atoms with E-state index in [1.165, 1.54) is 0 Å². The van der Waals surface area contributed by atoms with Crippen LogP contribution in [0.5, 0.6) is 0 Å². The van der Waals surface area contributed by atoms with Gasteiger partial charge in [0.2, 0.25) is 23.4 Å². The second-order valence-electron chi connectivity index (χ2n) is 5.60. The molecule has 18 heteroatoms. The molecule has 0 unspecified atom stereocenters. The van der Waals surface area contributed by atoms with E-state index in [2.05, 4.69) is 0 Å². The highest BCUT2D eigenvalue weighted by Crippen LogP contribution is 2.72. The molecule has 2 rings (SSSR count). The summed E-state index contributed by atoms with van der Waals surface area (Å²) in [7, 11) is 0. The lowest BCUT2D eigenvalue weighted by Gasteiger charge is -2.56. The van der Waals surface area contributed by atoms with E-state index in [1.807, 2.05) is 0 Å². The van der Waals surface area contributed by atoms with Crippen molar-refractivity contribution < 1.29 is 74.6 Å². The zero-order valence-corrected chi connectivity index (χ0v) is 12.4. The zero-order chi connectivity index (χ0) is 23.4. The monoisotopic (exact) mass is 469 g/mol. The molecule has 0 saturated heterocycles. The van der Waals surface area contributed by atoms with Crippen LogP contribution in [0.1, 0.15) is 0 Å². The molecule has 1 aliphatic carbocycles. The average Bonchev–Trinajstić information content (AvgIpc) is 2.56. The predicted octanol–water partition coefficient (Wildman–Crippen LogP) is 6.01. The van der Waals surface area contributed by atoms with Crippen LogP contribution in [0.3, 0.4) is 0 Å². The first kappa shape index (κ1) is 23.4. The lowest BCUT2D eigenvalue weighted by molar-refractivity contribution is -0.513. The van der Waals surface area contributed by atoms with Gasteiger partial charge in [0.25, 0.3) is 0 Å². The zero-order valence-electron chi connectivity index (χ0n) is 12.4. The summed E-state index contributed by atoms with van der Waals surface area (Å²) in [5.74, 6) is -63.9. The van der Waals surface area contributed by atoms with Crippen molar-refractivity contribution in [1.29, 1.82) is 0 Å². The molecule has 0 radical (unpaired) electrons. The Bertz CT molecular complexity index is 774. The largest absolute Gasteiger partial charge is 0.386 e. The Morgan fingerprint density at radius 2 is 0.759 bits per heavy atom. The third kappa shape index (κ3) is 2.04. The number of alkyl halides is 13. The summed E-state index contributed by atoms with van der Waals surface area (Å²) >= 11 is 0. The van der Waals surface area contributed by atoms with E-state index < -0.39 is 69.8 Å². The summed E-state index contributed by atoms with van der Waals surface area (Å²) in [5, 5.41) is 0. The van der Waals surface area contributed by atoms with E-state index in [4.69, 9.17) is 0 Å². The lowest BCUT2D eigenvalue weighted by Crippen LogP contribution is -2.88.